The van der Waals surface area contributed by atoms with Crippen molar-refractivity contribution in [3.05, 3.63) is 59.1 Å². The molecule has 0 fully saturated rings. The first-order chi connectivity index (χ1) is 9.08. The quantitative estimate of drug-likeness (QED) is 0.934. The van der Waals surface area contributed by atoms with Crippen molar-refractivity contribution in [2.24, 2.45) is 5.73 Å². The number of hydrogen-bond donors (Lipinski definition) is 1. The van der Waals surface area contributed by atoms with Crippen LogP contribution in [0.25, 0.3) is 0 Å². The van der Waals surface area contributed by atoms with E-state index in [1.54, 1.807) is 31.2 Å². The minimum Gasteiger partial charge on any atom is -0.482 e. The van der Waals surface area contributed by atoms with E-state index < -0.39 is 6.10 Å². The number of nitrogens with two attached hydrogens (primary N) is 1. The van der Waals surface area contributed by atoms with Gasteiger partial charge < -0.3 is 10.5 Å². The molecule has 0 radical (unpaired) electrons. The molecule has 0 aliphatic rings. The normalized spacial score (nSPS) is 13.9. The molecule has 0 aliphatic carbocycles. The fourth-order valence-electron chi connectivity index (χ4n) is 1.76. The maximum Gasteiger partial charge on any atom is 0.141 e. The Morgan fingerprint density at radius 3 is 2.68 bits per heavy atom. The maximum atomic E-state index is 13.8. The molecule has 0 aliphatic heterocycles. The van der Waals surface area contributed by atoms with Gasteiger partial charge in [0.25, 0.3) is 0 Å². The van der Waals surface area contributed by atoms with E-state index in [0.717, 1.165) is 0 Å². The van der Waals surface area contributed by atoms with Crippen LogP contribution in [0.3, 0.4) is 0 Å². The standard InChI is InChI=1S/C14H14ClFN2O/c1-9(17)14(12-4-2-3-5-13(12)16)19-11-6-10(15)7-18-8-11/h2-9,14H,17H2,1H3. The monoisotopic (exact) mass is 280 g/mol. The second kappa shape index (κ2) is 5.99. The van der Waals surface area contributed by atoms with Gasteiger partial charge in [-0.05, 0) is 13.0 Å². The molecule has 0 bridgehead atoms. The number of pyridine rings is 1. The highest BCUT2D eigenvalue weighted by molar-refractivity contribution is 6.30. The van der Waals surface area contributed by atoms with Crippen LogP contribution in [0.2, 0.25) is 5.02 Å². The van der Waals surface area contributed by atoms with E-state index in [9.17, 15) is 4.39 Å². The first kappa shape index (κ1) is 13.8. The topological polar surface area (TPSA) is 48.1 Å². The van der Waals surface area contributed by atoms with Crippen LogP contribution in [0.4, 0.5) is 4.39 Å². The fourth-order valence-corrected chi connectivity index (χ4v) is 1.93. The number of rotatable bonds is 4. The highest BCUT2D eigenvalue weighted by Crippen LogP contribution is 2.26. The van der Waals surface area contributed by atoms with E-state index in [2.05, 4.69) is 4.98 Å². The Morgan fingerprint density at radius 2 is 2.05 bits per heavy atom. The van der Waals surface area contributed by atoms with Gasteiger partial charge in [-0.25, -0.2) is 4.39 Å². The summed E-state index contributed by atoms with van der Waals surface area (Å²) < 4.78 is 19.5. The second-order valence-electron chi connectivity index (χ2n) is 4.26. The molecule has 1 aromatic heterocycles. The molecular weight excluding hydrogens is 267 g/mol. The van der Waals surface area contributed by atoms with Crippen LogP contribution < -0.4 is 10.5 Å². The van der Waals surface area contributed by atoms with Gasteiger partial charge in [0.05, 0.1) is 11.2 Å². The molecule has 2 rings (SSSR count). The van der Waals surface area contributed by atoms with E-state index in [1.165, 1.54) is 18.5 Å². The second-order valence-corrected chi connectivity index (χ2v) is 4.69. The van der Waals surface area contributed by atoms with Gasteiger partial charge in [-0.2, -0.15) is 0 Å². The lowest BCUT2D eigenvalue weighted by Gasteiger charge is -2.23. The predicted octanol–water partition coefficient (Wildman–Crippen LogP) is 3.34. The average Bonchev–Trinajstić information content (AvgIpc) is 2.37. The van der Waals surface area contributed by atoms with Crippen molar-refractivity contribution in [1.29, 1.82) is 0 Å². The van der Waals surface area contributed by atoms with Crippen molar-refractivity contribution < 1.29 is 9.13 Å². The first-order valence-electron chi connectivity index (χ1n) is 5.85. The van der Waals surface area contributed by atoms with Gasteiger partial charge in [0, 0.05) is 23.9 Å². The number of aromatic nitrogens is 1. The van der Waals surface area contributed by atoms with Crippen LogP contribution in [-0.4, -0.2) is 11.0 Å². The molecule has 19 heavy (non-hydrogen) atoms. The van der Waals surface area contributed by atoms with Crippen molar-refractivity contribution in [1.82, 2.24) is 4.98 Å². The minimum absolute atomic E-state index is 0.347. The summed E-state index contributed by atoms with van der Waals surface area (Å²) in [7, 11) is 0. The van der Waals surface area contributed by atoms with Gasteiger partial charge in [-0.15, -0.1) is 0 Å². The molecular formula is C14H14ClFN2O. The highest BCUT2D eigenvalue weighted by atomic mass is 35.5. The molecule has 3 nitrogen and oxygen atoms in total. The molecule has 1 aromatic carbocycles. The van der Waals surface area contributed by atoms with Gasteiger partial charge >= 0.3 is 0 Å². The lowest BCUT2D eigenvalue weighted by atomic mass is 10.0. The average molecular weight is 281 g/mol. The predicted molar refractivity (Wildman–Crippen MR) is 72.7 cm³/mol. The molecule has 2 N–H and O–H groups in total. The SMILES string of the molecule is CC(N)C(Oc1cncc(Cl)c1)c1ccccc1F. The number of ether oxygens (including phenoxy) is 1. The van der Waals surface area contributed by atoms with Crippen LogP contribution in [0.1, 0.15) is 18.6 Å². The molecule has 0 saturated carbocycles. The summed E-state index contributed by atoms with van der Waals surface area (Å²) >= 11 is 5.84. The van der Waals surface area contributed by atoms with Crippen molar-refractivity contribution in [2.75, 3.05) is 0 Å². The molecule has 100 valence electrons. The Kier molecular flexibility index (Phi) is 4.35. The van der Waals surface area contributed by atoms with Crippen LogP contribution in [0.15, 0.2) is 42.7 Å². The zero-order valence-corrected chi connectivity index (χ0v) is 11.1. The molecule has 2 unspecified atom stereocenters. The number of hydrogen-bond acceptors (Lipinski definition) is 3. The molecule has 1 heterocycles. The number of halogens is 2. The number of benzene rings is 1. The lowest BCUT2D eigenvalue weighted by Crippen LogP contribution is -2.29. The number of nitrogens with zero attached hydrogens (tertiary/aromatic N) is 1. The van der Waals surface area contributed by atoms with Gasteiger partial charge in [0.15, 0.2) is 0 Å². The van der Waals surface area contributed by atoms with E-state index >= 15 is 0 Å². The summed E-state index contributed by atoms with van der Waals surface area (Å²) in [6, 6.07) is 7.64. The minimum atomic E-state index is -0.596. The van der Waals surface area contributed by atoms with Crippen LogP contribution >= 0.6 is 11.6 Å². The molecule has 2 atom stereocenters. The summed E-state index contributed by atoms with van der Waals surface area (Å²) in [4.78, 5) is 3.92. The maximum absolute atomic E-state index is 13.8. The molecule has 5 heteroatoms. The smallest absolute Gasteiger partial charge is 0.141 e. The van der Waals surface area contributed by atoms with Crippen LogP contribution in [-0.2, 0) is 0 Å². The largest absolute Gasteiger partial charge is 0.482 e. The summed E-state index contributed by atoms with van der Waals surface area (Å²) in [5.74, 6) is 0.109. The van der Waals surface area contributed by atoms with E-state index in [4.69, 9.17) is 22.1 Å². The van der Waals surface area contributed by atoms with E-state index in [0.29, 0.717) is 16.3 Å². The molecule has 0 amide bonds. The van der Waals surface area contributed by atoms with E-state index in [1.807, 2.05) is 0 Å². The third-order valence-corrected chi connectivity index (χ3v) is 2.84. The summed E-state index contributed by atoms with van der Waals surface area (Å²) in [6.07, 6.45) is 2.42. The van der Waals surface area contributed by atoms with Gasteiger partial charge in [0.2, 0.25) is 0 Å². The molecule has 0 spiro atoms. The summed E-state index contributed by atoms with van der Waals surface area (Å²) in [5, 5.41) is 0.453. The Bertz CT molecular complexity index is 563. The Balaban J connectivity index is 2.29. The van der Waals surface area contributed by atoms with Crippen molar-refractivity contribution >= 4 is 11.6 Å². The van der Waals surface area contributed by atoms with Crippen LogP contribution in [0, 0.1) is 5.82 Å². The van der Waals surface area contributed by atoms with Crippen molar-refractivity contribution in [3.8, 4) is 5.75 Å². The van der Waals surface area contributed by atoms with E-state index in [-0.39, 0.29) is 11.9 Å². The lowest BCUT2D eigenvalue weighted by molar-refractivity contribution is 0.175. The van der Waals surface area contributed by atoms with Gasteiger partial charge in [-0.1, -0.05) is 29.8 Å². The summed E-state index contributed by atoms with van der Waals surface area (Å²) in [5.41, 5.74) is 6.29. The Morgan fingerprint density at radius 1 is 1.32 bits per heavy atom. The van der Waals surface area contributed by atoms with Crippen molar-refractivity contribution in [3.63, 3.8) is 0 Å². The third-order valence-electron chi connectivity index (χ3n) is 2.63. The van der Waals surface area contributed by atoms with Gasteiger partial charge in [0.1, 0.15) is 17.7 Å². The van der Waals surface area contributed by atoms with Gasteiger partial charge in [-0.3, -0.25) is 4.98 Å². The molecule has 0 saturated heterocycles. The molecule has 2 aromatic rings. The first-order valence-corrected chi connectivity index (χ1v) is 6.23. The van der Waals surface area contributed by atoms with Crippen molar-refractivity contribution in [2.45, 2.75) is 19.1 Å². The zero-order valence-electron chi connectivity index (χ0n) is 10.4. The van der Waals surface area contributed by atoms with Crippen LogP contribution in [0.5, 0.6) is 5.75 Å². The highest BCUT2D eigenvalue weighted by Gasteiger charge is 2.21. The fraction of sp³-hybridized carbons (Fsp3) is 0.214. The zero-order chi connectivity index (χ0) is 13.8. The summed E-state index contributed by atoms with van der Waals surface area (Å²) in [6.45, 7) is 1.76. The Labute approximate surface area is 116 Å². The Hall–Kier alpha value is -1.65. The third kappa shape index (κ3) is 3.43.